The molecule has 2 aromatic rings. The average molecular weight is 387 g/mol. The van der Waals surface area contributed by atoms with E-state index < -0.39 is 0 Å². The van der Waals surface area contributed by atoms with E-state index in [2.05, 4.69) is 31.4 Å². The Kier molecular flexibility index (Phi) is 7.30. The normalized spacial score (nSPS) is 11.0. The van der Waals surface area contributed by atoms with Gasteiger partial charge in [-0.2, -0.15) is 0 Å². The van der Waals surface area contributed by atoms with Gasteiger partial charge in [-0.3, -0.25) is 9.59 Å². The fourth-order valence-corrected chi connectivity index (χ4v) is 3.04. The maximum atomic E-state index is 12.1. The highest BCUT2D eigenvalue weighted by Crippen LogP contribution is 2.24. The Labute approximate surface area is 164 Å². The van der Waals surface area contributed by atoms with Crippen LogP contribution in [-0.2, 0) is 15.0 Å². The van der Waals surface area contributed by atoms with Crippen LogP contribution in [0.5, 0.6) is 5.75 Å². The van der Waals surface area contributed by atoms with E-state index in [9.17, 15) is 9.59 Å². The molecule has 2 rings (SSSR count). The zero-order valence-corrected chi connectivity index (χ0v) is 17.0. The number of thioether (sulfide) groups is 1. The van der Waals surface area contributed by atoms with Gasteiger partial charge in [0.25, 0.3) is 0 Å². The molecule has 0 atom stereocenters. The number of ether oxygens (including phenoxy) is 1. The Bertz CT molecular complexity index is 783. The van der Waals surface area contributed by atoms with Crippen molar-refractivity contribution in [3.05, 3.63) is 54.1 Å². The van der Waals surface area contributed by atoms with E-state index in [0.29, 0.717) is 11.4 Å². The zero-order chi connectivity index (χ0) is 19.9. The molecule has 2 aromatic carbocycles. The number of methoxy groups -OCH3 is 1. The van der Waals surface area contributed by atoms with Gasteiger partial charge >= 0.3 is 0 Å². The Morgan fingerprint density at radius 1 is 0.926 bits per heavy atom. The predicted octanol–water partition coefficient (Wildman–Crippen LogP) is 4.30. The maximum Gasteiger partial charge on any atom is 0.234 e. The molecule has 2 amide bonds. The van der Waals surface area contributed by atoms with E-state index in [4.69, 9.17) is 4.74 Å². The van der Waals surface area contributed by atoms with Crippen LogP contribution in [-0.4, -0.2) is 30.4 Å². The van der Waals surface area contributed by atoms with Gasteiger partial charge in [-0.05, 0) is 35.2 Å². The van der Waals surface area contributed by atoms with Crippen molar-refractivity contribution < 1.29 is 14.3 Å². The first-order valence-corrected chi connectivity index (χ1v) is 9.86. The lowest BCUT2D eigenvalue weighted by Gasteiger charge is -2.19. The molecule has 5 nitrogen and oxygen atoms in total. The number of anilines is 2. The van der Waals surface area contributed by atoms with Crippen molar-refractivity contribution >= 4 is 35.0 Å². The Morgan fingerprint density at radius 3 is 2.11 bits per heavy atom. The number of carbonyl (C=O) groups is 2. The van der Waals surface area contributed by atoms with Gasteiger partial charge < -0.3 is 15.4 Å². The second kappa shape index (κ2) is 9.46. The third-order valence-corrected chi connectivity index (χ3v) is 4.81. The van der Waals surface area contributed by atoms with Gasteiger partial charge in [-0.25, -0.2) is 0 Å². The van der Waals surface area contributed by atoms with Crippen LogP contribution >= 0.6 is 11.8 Å². The van der Waals surface area contributed by atoms with Crippen molar-refractivity contribution in [3.63, 3.8) is 0 Å². The van der Waals surface area contributed by atoms with E-state index in [0.717, 1.165) is 5.69 Å². The fourth-order valence-electron chi connectivity index (χ4n) is 2.42. The summed E-state index contributed by atoms with van der Waals surface area (Å²) in [6.45, 7) is 6.44. The molecule has 144 valence electrons. The minimum atomic E-state index is -0.174. The van der Waals surface area contributed by atoms with Gasteiger partial charge in [0, 0.05) is 5.69 Å². The predicted molar refractivity (Wildman–Crippen MR) is 113 cm³/mol. The molecule has 0 heterocycles. The molecule has 0 saturated heterocycles. The van der Waals surface area contributed by atoms with Gasteiger partial charge in [0.05, 0.1) is 24.3 Å². The molecule has 0 bridgehead atoms. The van der Waals surface area contributed by atoms with Crippen LogP contribution in [0.4, 0.5) is 11.4 Å². The number of amides is 2. The van der Waals surface area contributed by atoms with Crippen molar-refractivity contribution in [2.75, 3.05) is 29.2 Å². The summed E-state index contributed by atoms with van der Waals surface area (Å²) < 4.78 is 5.20. The molecule has 0 aliphatic heterocycles. The monoisotopic (exact) mass is 386 g/mol. The first-order valence-electron chi connectivity index (χ1n) is 8.70. The average Bonchev–Trinajstić information content (AvgIpc) is 2.62. The Morgan fingerprint density at radius 2 is 1.52 bits per heavy atom. The molecule has 6 heteroatoms. The quantitative estimate of drug-likeness (QED) is 0.744. The van der Waals surface area contributed by atoms with Gasteiger partial charge in [0.1, 0.15) is 5.75 Å². The number of carbonyl (C=O) groups excluding carboxylic acids is 2. The van der Waals surface area contributed by atoms with Gasteiger partial charge in [-0.1, -0.05) is 45.0 Å². The summed E-state index contributed by atoms with van der Waals surface area (Å²) >= 11 is 1.26. The number of rotatable bonds is 7. The lowest BCUT2D eigenvalue weighted by molar-refractivity contribution is -0.114. The Hall–Kier alpha value is -2.47. The molecule has 27 heavy (non-hydrogen) atoms. The lowest BCUT2D eigenvalue weighted by Crippen LogP contribution is -2.19. The van der Waals surface area contributed by atoms with Crippen LogP contribution in [0.3, 0.4) is 0 Å². The third kappa shape index (κ3) is 6.64. The summed E-state index contributed by atoms with van der Waals surface area (Å²) in [4.78, 5) is 24.1. The lowest BCUT2D eigenvalue weighted by atomic mass is 9.87. The molecule has 0 spiro atoms. The van der Waals surface area contributed by atoms with Crippen molar-refractivity contribution in [2.24, 2.45) is 0 Å². The van der Waals surface area contributed by atoms with Crippen LogP contribution in [0.2, 0.25) is 0 Å². The minimum Gasteiger partial charge on any atom is -0.495 e. The molecular formula is C21H26N2O3S. The Balaban J connectivity index is 1.76. The zero-order valence-electron chi connectivity index (χ0n) is 16.2. The third-order valence-electron chi connectivity index (χ3n) is 3.88. The number of nitrogens with one attached hydrogen (secondary N) is 2. The van der Waals surface area contributed by atoms with Crippen LogP contribution in [0.25, 0.3) is 0 Å². The van der Waals surface area contributed by atoms with E-state index in [1.807, 2.05) is 36.4 Å². The molecule has 0 aliphatic carbocycles. The summed E-state index contributed by atoms with van der Waals surface area (Å²) in [5.41, 5.74) is 2.66. The molecule has 0 fully saturated rings. The molecule has 0 saturated carbocycles. The topological polar surface area (TPSA) is 67.4 Å². The number of benzene rings is 2. The highest BCUT2D eigenvalue weighted by atomic mass is 32.2. The van der Waals surface area contributed by atoms with E-state index in [1.54, 1.807) is 19.2 Å². The summed E-state index contributed by atoms with van der Waals surface area (Å²) in [5.74, 6) is 0.696. The van der Waals surface area contributed by atoms with E-state index in [-0.39, 0.29) is 28.7 Å². The van der Waals surface area contributed by atoms with Crippen molar-refractivity contribution in [1.82, 2.24) is 0 Å². The van der Waals surface area contributed by atoms with E-state index in [1.165, 1.54) is 17.3 Å². The first kappa shape index (κ1) is 20.8. The maximum absolute atomic E-state index is 12.1. The summed E-state index contributed by atoms with van der Waals surface area (Å²) in [6, 6.07) is 15.0. The molecule has 0 aliphatic rings. The first-order chi connectivity index (χ1) is 12.8. The second-order valence-corrected chi connectivity index (χ2v) is 8.10. The molecule has 0 radical (unpaired) electrons. The van der Waals surface area contributed by atoms with Crippen LogP contribution in [0, 0.1) is 0 Å². The van der Waals surface area contributed by atoms with Crippen LogP contribution in [0.15, 0.2) is 48.5 Å². The van der Waals surface area contributed by atoms with Crippen LogP contribution < -0.4 is 15.4 Å². The largest absolute Gasteiger partial charge is 0.495 e. The second-order valence-electron chi connectivity index (χ2n) is 7.12. The van der Waals surface area contributed by atoms with Gasteiger partial charge in [0.15, 0.2) is 0 Å². The highest BCUT2D eigenvalue weighted by molar-refractivity contribution is 8.00. The fraction of sp³-hybridized carbons (Fsp3) is 0.333. The number of para-hydroxylation sites is 2. The van der Waals surface area contributed by atoms with E-state index >= 15 is 0 Å². The molecule has 0 aromatic heterocycles. The molecule has 2 N–H and O–H groups in total. The van der Waals surface area contributed by atoms with Crippen molar-refractivity contribution in [1.29, 1.82) is 0 Å². The SMILES string of the molecule is COc1ccccc1NC(=O)CSCC(=O)Nc1ccc(C(C)(C)C)cc1. The minimum absolute atomic E-state index is 0.0766. The summed E-state index contributed by atoms with van der Waals surface area (Å²) in [5, 5.41) is 5.64. The molecule has 0 unspecified atom stereocenters. The summed E-state index contributed by atoms with van der Waals surface area (Å²) in [7, 11) is 1.55. The van der Waals surface area contributed by atoms with Crippen LogP contribution in [0.1, 0.15) is 26.3 Å². The molecular weight excluding hydrogens is 360 g/mol. The number of hydrogen-bond donors (Lipinski definition) is 2. The highest BCUT2D eigenvalue weighted by Gasteiger charge is 2.13. The van der Waals surface area contributed by atoms with Gasteiger partial charge in [0.2, 0.25) is 11.8 Å². The smallest absolute Gasteiger partial charge is 0.234 e. The summed E-state index contributed by atoms with van der Waals surface area (Å²) in [6.07, 6.45) is 0. The van der Waals surface area contributed by atoms with Gasteiger partial charge in [-0.15, -0.1) is 11.8 Å². The van der Waals surface area contributed by atoms with Crippen molar-refractivity contribution in [3.8, 4) is 5.75 Å². The standard InChI is InChI=1S/C21H26N2O3S/c1-21(2,3)15-9-11-16(12-10-15)22-19(24)13-27-14-20(25)23-17-7-5-6-8-18(17)26-4/h5-12H,13-14H2,1-4H3,(H,22,24)(H,23,25). The van der Waals surface area contributed by atoms with Crippen molar-refractivity contribution in [2.45, 2.75) is 26.2 Å². The number of hydrogen-bond acceptors (Lipinski definition) is 4.